The monoisotopic (exact) mass is 81.1 g/mol. The van der Waals surface area contributed by atoms with E-state index in [1.807, 2.05) is 6.08 Å². The van der Waals surface area contributed by atoms with Crippen LogP contribution in [0.25, 0.3) is 0 Å². The molecule has 1 saturated carbocycles. The molecule has 0 unspecified atom stereocenters. The molecule has 0 radical (unpaired) electrons. The van der Waals surface area contributed by atoms with Gasteiger partial charge in [0.25, 0.3) is 0 Å². The van der Waals surface area contributed by atoms with E-state index in [1.54, 1.807) is 0 Å². The number of rotatable bonds is 1. The third-order valence-corrected chi connectivity index (χ3v) is 0.941. The maximum absolute atomic E-state index is 6.47. The van der Waals surface area contributed by atoms with Crippen LogP contribution in [0.2, 0.25) is 0 Å². The van der Waals surface area contributed by atoms with Crippen molar-refractivity contribution in [3.63, 3.8) is 0 Å². The molecule has 0 bridgehead atoms. The zero-order valence-electron chi connectivity index (χ0n) is 3.57. The highest BCUT2D eigenvalue weighted by Gasteiger charge is 2.16. The van der Waals surface area contributed by atoms with E-state index in [2.05, 4.69) is 5.87 Å². The number of hydrogen-bond acceptors (Lipinski definition) is 1. The van der Waals surface area contributed by atoms with Gasteiger partial charge in [0.15, 0.2) is 0 Å². The fraction of sp³-hybridized carbons (Fsp3) is 0.600. The Bertz CT molecular complexity index is 86.1. The predicted octanol–water partition coefficient (Wildman–Crippen LogP) is 1.20. The van der Waals surface area contributed by atoms with Crippen molar-refractivity contribution in [2.75, 3.05) is 0 Å². The molecule has 0 atom stereocenters. The van der Waals surface area contributed by atoms with Crippen molar-refractivity contribution in [3.05, 3.63) is 6.08 Å². The molecule has 32 valence electrons. The van der Waals surface area contributed by atoms with E-state index in [4.69, 9.17) is 5.41 Å². The Labute approximate surface area is 37.2 Å². The first-order valence-electron chi connectivity index (χ1n) is 2.19. The second-order valence-electron chi connectivity index (χ2n) is 1.65. The van der Waals surface area contributed by atoms with E-state index in [-0.39, 0.29) is 0 Å². The largest absolute Gasteiger partial charge is 0.259 e. The van der Waals surface area contributed by atoms with Gasteiger partial charge in [0.05, 0.1) is 0 Å². The summed E-state index contributed by atoms with van der Waals surface area (Å²) >= 11 is 0. The average Bonchev–Trinajstić information content (AvgIpc) is 2.21. The lowest BCUT2D eigenvalue weighted by molar-refractivity contribution is 1.14. The second-order valence-corrected chi connectivity index (χ2v) is 1.65. The first-order valence-corrected chi connectivity index (χ1v) is 2.19. The van der Waals surface area contributed by atoms with E-state index < -0.39 is 0 Å². The predicted molar refractivity (Wildman–Crippen MR) is 25.0 cm³/mol. The van der Waals surface area contributed by atoms with Crippen LogP contribution in [0.15, 0.2) is 6.08 Å². The van der Waals surface area contributed by atoms with Crippen molar-refractivity contribution >= 4 is 5.87 Å². The Morgan fingerprint density at radius 2 is 2.33 bits per heavy atom. The maximum Gasteiger partial charge on any atom is -0.0142 e. The van der Waals surface area contributed by atoms with E-state index in [1.165, 1.54) is 12.8 Å². The first-order chi connectivity index (χ1) is 2.93. The summed E-state index contributed by atoms with van der Waals surface area (Å²) in [6, 6.07) is 0. The van der Waals surface area contributed by atoms with Crippen LogP contribution in [0.3, 0.4) is 0 Å². The van der Waals surface area contributed by atoms with Crippen LogP contribution in [0.1, 0.15) is 12.8 Å². The van der Waals surface area contributed by atoms with Crippen molar-refractivity contribution in [1.82, 2.24) is 0 Å². The Balaban J connectivity index is 2.33. The van der Waals surface area contributed by atoms with Crippen LogP contribution in [0.5, 0.6) is 0 Å². The summed E-state index contributed by atoms with van der Waals surface area (Å²) in [6.07, 6.45) is 4.39. The minimum Gasteiger partial charge on any atom is -0.259 e. The van der Waals surface area contributed by atoms with Gasteiger partial charge in [0, 0.05) is 0 Å². The maximum atomic E-state index is 6.47. The summed E-state index contributed by atoms with van der Waals surface area (Å²) in [5.41, 5.74) is 0. The van der Waals surface area contributed by atoms with Crippen LogP contribution in [0.4, 0.5) is 0 Å². The third kappa shape index (κ3) is 0.697. The molecule has 0 aliphatic heterocycles. The Morgan fingerprint density at radius 1 is 1.67 bits per heavy atom. The summed E-state index contributed by atoms with van der Waals surface area (Å²) in [7, 11) is 0. The number of hydrogen-bond donors (Lipinski definition) is 1. The fourth-order valence-corrected chi connectivity index (χ4v) is 0.381. The Hall–Kier alpha value is -0.550. The molecule has 0 aromatic carbocycles. The number of allylic oxidation sites excluding steroid dienone is 1. The van der Waals surface area contributed by atoms with E-state index in [9.17, 15) is 0 Å². The van der Waals surface area contributed by atoms with Crippen LogP contribution >= 0.6 is 0 Å². The molecule has 0 saturated heterocycles. The minimum absolute atomic E-state index is 0.725. The molecule has 0 heterocycles. The highest BCUT2D eigenvalue weighted by atomic mass is 14.3. The molecule has 0 aromatic rings. The quantitative estimate of drug-likeness (QED) is 0.458. The van der Waals surface area contributed by atoms with E-state index >= 15 is 0 Å². The average molecular weight is 81.1 g/mol. The standard InChI is InChI=1S/C5H7N/c6-4-3-5-1-2-5/h3,5-6H,1-2H2. The molecular weight excluding hydrogens is 74.1 g/mol. The van der Waals surface area contributed by atoms with Gasteiger partial charge in [-0.15, -0.1) is 0 Å². The minimum atomic E-state index is 0.725. The van der Waals surface area contributed by atoms with Gasteiger partial charge in [0.2, 0.25) is 0 Å². The molecule has 1 aliphatic rings. The zero-order chi connectivity index (χ0) is 4.41. The molecule has 1 N–H and O–H groups in total. The summed E-state index contributed by atoms with van der Waals surface area (Å²) in [5.74, 6) is 2.98. The van der Waals surface area contributed by atoms with Gasteiger partial charge >= 0.3 is 0 Å². The molecule has 1 nitrogen and oxygen atoms in total. The van der Waals surface area contributed by atoms with Gasteiger partial charge in [-0.2, -0.15) is 0 Å². The zero-order valence-corrected chi connectivity index (χ0v) is 3.57. The molecule has 1 fully saturated rings. The summed E-state index contributed by atoms with van der Waals surface area (Å²) in [4.78, 5) is 0. The lowest BCUT2D eigenvalue weighted by atomic mass is 10.4. The highest BCUT2D eigenvalue weighted by molar-refractivity contribution is 5.48. The van der Waals surface area contributed by atoms with Crippen molar-refractivity contribution in [3.8, 4) is 0 Å². The van der Waals surface area contributed by atoms with Gasteiger partial charge in [0.1, 0.15) is 0 Å². The lowest BCUT2D eigenvalue weighted by Crippen LogP contribution is -1.56. The smallest absolute Gasteiger partial charge is 0.0142 e. The van der Waals surface area contributed by atoms with Gasteiger partial charge in [-0.3, -0.25) is 5.41 Å². The highest BCUT2D eigenvalue weighted by Crippen LogP contribution is 2.28. The van der Waals surface area contributed by atoms with Gasteiger partial charge < -0.3 is 0 Å². The molecule has 0 spiro atoms. The Morgan fingerprint density at radius 3 is 2.50 bits per heavy atom. The molecule has 1 heteroatoms. The van der Waals surface area contributed by atoms with Crippen LogP contribution in [-0.4, -0.2) is 5.87 Å². The third-order valence-electron chi connectivity index (χ3n) is 0.941. The van der Waals surface area contributed by atoms with Crippen molar-refractivity contribution < 1.29 is 0 Å². The fourth-order valence-electron chi connectivity index (χ4n) is 0.381. The molecule has 0 aromatic heterocycles. The molecule has 1 aliphatic carbocycles. The second kappa shape index (κ2) is 1.27. The normalized spacial score (nSPS) is 19.3. The van der Waals surface area contributed by atoms with E-state index in [0.29, 0.717) is 0 Å². The first kappa shape index (κ1) is 3.63. The summed E-state index contributed by atoms with van der Waals surface area (Å²) in [6.45, 7) is 0. The summed E-state index contributed by atoms with van der Waals surface area (Å²) in [5, 5.41) is 6.47. The molecule has 6 heavy (non-hydrogen) atoms. The lowest BCUT2D eigenvalue weighted by Gasteiger charge is -1.62. The van der Waals surface area contributed by atoms with Gasteiger partial charge in [-0.25, -0.2) is 0 Å². The number of nitrogens with one attached hydrogen (secondary N) is 1. The van der Waals surface area contributed by atoms with Crippen LogP contribution in [0, 0.1) is 11.3 Å². The van der Waals surface area contributed by atoms with E-state index in [0.717, 1.165) is 5.92 Å². The van der Waals surface area contributed by atoms with Crippen molar-refractivity contribution in [2.24, 2.45) is 5.92 Å². The van der Waals surface area contributed by atoms with Gasteiger partial charge in [-0.1, -0.05) is 0 Å². The van der Waals surface area contributed by atoms with Crippen LogP contribution < -0.4 is 0 Å². The van der Waals surface area contributed by atoms with Crippen molar-refractivity contribution in [2.45, 2.75) is 12.8 Å². The van der Waals surface area contributed by atoms with Crippen LogP contribution in [-0.2, 0) is 0 Å². The SMILES string of the molecule is N=C=CC1CC1. The summed E-state index contributed by atoms with van der Waals surface area (Å²) < 4.78 is 0. The molecule has 1 rings (SSSR count). The molecule has 0 amide bonds. The topological polar surface area (TPSA) is 23.9 Å². The molecular formula is C5H7N. The van der Waals surface area contributed by atoms with Gasteiger partial charge in [-0.05, 0) is 30.7 Å². The van der Waals surface area contributed by atoms with Crippen molar-refractivity contribution in [1.29, 1.82) is 5.41 Å². The Kier molecular flexibility index (Phi) is 0.771.